The first-order valence-electron chi connectivity index (χ1n) is 3.13. The van der Waals surface area contributed by atoms with Crippen LogP contribution in [0.4, 0.5) is 0 Å². The van der Waals surface area contributed by atoms with Gasteiger partial charge in [0.05, 0.1) is 0 Å². The van der Waals surface area contributed by atoms with Crippen molar-refractivity contribution in [1.82, 2.24) is 0 Å². The van der Waals surface area contributed by atoms with E-state index in [0.717, 1.165) is 0 Å². The third kappa shape index (κ3) is 10.4. The third-order valence-corrected chi connectivity index (χ3v) is 1.27. The Bertz CT molecular complexity index is 243. The average Bonchev–Trinajstić information content (AvgIpc) is 1.82. The van der Waals surface area contributed by atoms with Crippen molar-refractivity contribution in [3.05, 3.63) is 0 Å². The van der Waals surface area contributed by atoms with E-state index in [-0.39, 0.29) is 90.8 Å². The molecule has 0 fully saturated rings. The van der Waals surface area contributed by atoms with Gasteiger partial charge in [-0.05, 0) is 0 Å². The third-order valence-electron chi connectivity index (χ3n) is 1.27. The summed E-state index contributed by atoms with van der Waals surface area (Å²) in [5, 5.41) is 37.2. The maximum Gasteiger partial charge on any atom is 2.00 e. The van der Waals surface area contributed by atoms with Gasteiger partial charge in [-0.25, -0.2) is 4.79 Å². The van der Waals surface area contributed by atoms with Crippen molar-refractivity contribution in [1.29, 1.82) is 0 Å². The summed E-state index contributed by atoms with van der Waals surface area (Å²) >= 11 is 0. The molecule has 0 aliphatic heterocycles. The maximum atomic E-state index is 10.3. The van der Waals surface area contributed by atoms with Crippen LogP contribution in [-0.2, 0) is 14.4 Å². The Morgan fingerprint density at radius 3 is 1.44 bits per heavy atom. The molecule has 0 aromatic rings. The number of hydrogen-bond acceptors (Lipinski definition) is 6. The molecule has 16 heavy (non-hydrogen) atoms. The Morgan fingerprint density at radius 1 is 1.06 bits per heavy atom. The molecule has 0 aromatic carbocycles. The van der Waals surface area contributed by atoms with Crippen LogP contribution in [0.2, 0.25) is 0 Å². The molecule has 0 saturated carbocycles. The topological polar surface area (TPSA) is 138 Å². The number of carbonyl (C=O) groups is 3. The van der Waals surface area contributed by atoms with Crippen LogP contribution in [-0.4, -0.2) is 82.6 Å². The van der Waals surface area contributed by atoms with E-state index in [2.05, 4.69) is 0 Å². The molecule has 0 radical (unpaired) electrons. The van der Waals surface area contributed by atoms with E-state index < -0.39 is 36.4 Å². The fourth-order valence-corrected chi connectivity index (χ4v) is 0.691. The van der Waals surface area contributed by atoms with E-state index in [1.54, 1.807) is 0 Å². The minimum Gasteiger partial charge on any atom is -1.00 e. The Hall–Kier alpha value is 1.23. The first-order valence-corrected chi connectivity index (χ1v) is 3.13. The summed E-state index contributed by atoms with van der Waals surface area (Å²) in [6.45, 7) is 0. The van der Waals surface area contributed by atoms with Gasteiger partial charge in [0, 0.05) is 24.8 Å². The van der Waals surface area contributed by atoms with Crippen LogP contribution in [0.3, 0.4) is 0 Å². The van der Waals surface area contributed by atoms with E-state index in [1.165, 1.54) is 0 Å². The molecular formula is C6H6BaClNaO7. The Balaban J connectivity index is -0.000000240. The molecule has 10 heteroatoms. The standard InChI is InChI=1S/C6H8O7.Ba.ClH.Na/c7-3(8)1-6(13,5(11)12)2-4(9)10;;;/h13H,1-2H2,(H,7,8)(H,9,10)(H,11,12);;1H;/q;+2;;+1/p-3. The van der Waals surface area contributed by atoms with Gasteiger partial charge in [0.1, 0.15) is 0 Å². The van der Waals surface area contributed by atoms with Gasteiger partial charge in [0.2, 0.25) is 0 Å². The van der Waals surface area contributed by atoms with Gasteiger partial charge in [0.15, 0.2) is 5.60 Å². The molecule has 0 saturated heterocycles. The zero-order valence-corrected chi connectivity index (χ0v) is 15.6. The number of rotatable bonds is 5. The monoisotopic (exact) mass is 386 g/mol. The number of halogens is 1. The largest absolute Gasteiger partial charge is 2.00 e. The summed E-state index contributed by atoms with van der Waals surface area (Å²) in [6, 6.07) is 0. The smallest absolute Gasteiger partial charge is 1.00 e. The first kappa shape index (κ1) is 25.9. The van der Waals surface area contributed by atoms with E-state index >= 15 is 0 Å². The van der Waals surface area contributed by atoms with E-state index in [9.17, 15) is 24.6 Å². The predicted octanol–water partition coefficient (Wildman–Crippen LogP) is -10.3. The Kier molecular flexibility index (Phi) is 18.4. The molecular weight excluding hydrogens is 380 g/mol. The van der Waals surface area contributed by atoms with Crippen LogP contribution in [0.5, 0.6) is 0 Å². The first-order chi connectivity index (χ1) is 5.78. The normalized spacial score (nSPS) is 8.81. The molecule has 0 heterocycles. The molecule has 0 aliphatic rings. The molecule has 7 nitrogen and oxygen atoms in total. The summed E-state index contributed by atoms with van der Waals surface area (Å²) in [7, 11) is 0. The van der Waals surface area contributed by atoms with Crippen LogP contribution < -0.4 is 52.2 Å². The van der Waals surface area contributed by atoms with Gasteiger partial charge >= 0.3 is 84.4 Å². The summed E-state index contributed by atoms with van der Waals surface area (Å²) in [4.78, 5) is 30.2. The second-order valence-electron chi connectivity index (χ2n) is 2.43. The summed E-state index contributed by atoms with van der Waals surface area (Å²) in [5.74, 6) is -5.65. The van der Waals surface area contributed by atoms with E-state index in [1.807, 2.05) is 0 Å². The predicted molar refractivity (Wildman–Crippen MR) is 37.6 cm³/mol. The summed E-state index contributed by atoms with van der Waals surface area (Å²) in [6.07, 6.45) is -2.59. The molecule has 0 rings (SSSR count). The fourth-order valence-electron chi connectivity index (χ4n) is 0.691. The molecule has 0 aromatic heterocycles. The summed E-state index contributed by atoms with van der Waals surface area (Å²) < 4.78 is 0. The van der Waals surface area contributed by atoms with Crippen molar-refractivity contribution in [3.63, 3.8) is 0 Å². The van der Waals surface area contributed by atoms with Crippen LogP contribution in [0.25, 0.3) is 0 Å². The zero-order chi connectivity index (χ0) is 10.6. The van der Waals surface area contributed by atoms with Crippen molar-refractivity contribution >= 4 is 66.8 Å². The second kappa shape index (κ2) is 11.3. The zero-order valence-electron chi connectivity index (χ0n) is 8.43. The number of carboxylic acids is 3. The average molecular weight is 386 g/mol. The van der Waals surface area contributed by atoms with Crippen molar-refractivity contribution < 1.29 is 76.8 Å². The Labute approximate surface area is 159 Å². The number of hydrogen-bond donors (Lipinski definition) is 2. The Morgan fingerprint density at radius 2 is 1.31 bits per heavy atom. The SMILES string of the molecule is O=C([O-])CC(O)(CC(=O)[O-])C(=O)O.[Ba+2].[Cl-].[Na+]. The number of carboxylic acid groups (broad SMARTS) is 3. The van der Waals surface area contributed by atoms with Gasteiger partial charge in [-0.2, -0.15) is 0 Å². The van der Waals surface area contributed by atoms with Crippen LogP contribution in [0.1, 0.15) is 12.8 Å². The van der Waals surface area contributed by atoms with E-state index in [0.29, 0.717) is 0 Å². The van der Waals surface area contributed by atoms with Gasteiger partial charge in [-0.15, -0.1) is 0 Å². The van der Waals surface area contributed by atoms with E-state index in [4.69, 9.17) is 10.2 Å². The molecule has 0 unspecified atom stereocenters. The van der Waals surface area contributed by atoms with Gasteiger partial charge < -0.3 is 42.4 Å². The fraction of sp³-hybridized carbons (Fsp3) is 0.500. The van der Waals surface area contributed by atoms with Crippen LogP contribution in [0.15, 0.2) is 0 Å². The molecule has 0 spiro atoms. The van der Waals surface area contributed by atoms with Crippen molar-refractivity contribution in [2.75, 3.05) is 0 Å². The number of aliphatic carboxylic acids is 3. The van der Waals surface area contributed by atoms with Crippen molar-refractivity contribution in [2.45, 2.75) is 18.4 Å². The van der Waals surface area contributed by atoms with Crippen LogP contribution in [0, 0.1) is 0 Å². The molecule has 0 atom stereocenters. The van der Waals surface area contributed by atoms with Gasteiger partial charge in [-0.1, -0.05) is 0 Å². The molecule has 0 amide bonds. The minimum atomic E-state index is -2.86. The molecule has 0 bridgehead atoms. The van der Waals surface area contributed by atoms with Crippen LogP contribution >= 0.6 is 0 Å². The molecule has 0 aliphatic carbocycles. The van der Waals surface area contributed by atoms with Gasteiger partial charge in [0.25, 0.3) is 0 Å². The second-order valence-corrected chi connectivity index (χ2v) is 2.43. The van der Waals surface area contributed by atoms with Crippen molar-refractivity contribution in [2.24, 2.45) is 0 Å². The molecule has 82 valence electrons. The van der Waals surface area contributed by atoms with Gasteiger partial charge in [-0.3, -0.25) is 0 Å². The molecule has 2 N–H and O–H groups in total. The minimum absolute atomic E-state index is 0. The van der Waals surface area contributed by atoms with Crippen molar-refractivity contribution in [3.8, 4) is 0 Å². The maximum absolute atomic E-state index is 10.3. The number of aliphatic hydroxyl groups is 1. The number of carbonyl (C=O) groups excluding carboxylic acids is 2. The summed E-state index contributed by atoms with van der Waals surface area (Å²) in [5.41, 5.74) is -2.86. The quantitative estimate of drug-likeness (QED) is 0.448.